The molecule has 0 aromatic heterocycles. The molecule has 0 spiro atoms. The molecule has 0 aliphatic carbocycles. The second kappa shape index (κ2) is 6.45. The van der Waals surface area contributed by atoms with Gasteiger partial charge in [-0.1, -0.05) is 60.7 Å². The number of imide groups is 1. The van der Waals surface area contributed by atoms with Gasteiger partial charge < -0.3 is 0 Å². The van der Waals surface area contributed by atoms with Crippen LogP contribution in [0.25, 0.3) is 0 Å². The molecule has 2 saturated heterocycles. The van der Waals surface area contributed by atoms with E-state index >= 15 is 0 Å². The van der Waals surface area contributed by atoms with Crippen LogP contribution < -0.4 is 0 Å². The van der Waals surface area contributed by atoms with E-state index in [2.05, 4.69) is 29.2 Å². The van der Waals surface area contributed by atoms with Gasteiger partial charge in [0.1, 0.15) is 0 Å². The van der Waals surface area contributed by atoms with Crippen molar-refractivity contribution in [3.05, 3.63) is 71.8 Å². The van der Waals surface area contributed by atoms with Gasteiger partial charge in [-0.15, -0.1) is 0 Å². The van der Waals surface area contributed by atoms with Crippen LogP contribution in [0.15, 0.2) is 60.7 Å². The molecule has 128 valence electrons. The lowest BCUT2D eigenvalue weighted by Crippen LogP contribution is -2.40. The number of nitrogens with zero attached hydrogens (tertiary/aromatic N) is 2. The molecule has 0 unspecified atom stereocenters. The van der Waals surface area contributed by atoms with E-state index in [1.165, 1.54) is 16.0 Å². The summed E-state index contributed by atoms with van der Waals surface area (Å²) in [6.45, 7) is 1.43. The zero-order valence-electron chi connectivity index (χ0n) is 14.3. The summed E-state index contributed by atoms with van der Waals surface area (Å²) >= 11 is 0. The number of carbonyl (C=O) groups excluding carboxylic acids is 2. The molecule has 0 N–H and O–H groups in total. The number of likely N-dealkylation sites (tertiary alicyclic amines) is 2. The Labute approximate surface area is 148 Å². The van der Waals surface area contributed by atoms with Gasteiger partial charge in [-0.3, -0.25) is 19.4 Å². The second-order valence-corrected chi connectivity index (χ2v) is 7.04. The maximum Gasteiger partial charge on any atom is 0.234 e. The molecule has 2 fully saturated rings. The maximum atomic E-state index is 12.7. The summed E-state index contributed by atoms with van der Waals surface area (Å²) < 4.78 is 0. The van der Waals surface area contributed by atoms with Gasteiger partial charge in [0.25, 0.3) is 0 Å². The average Bonchev–Trinajstić information content (AvgIpc) is 3.08. The van der Waals surface area contributed by atoms with Gasteiger partial charge >= 0.3 is 0 Å². The van der Waals surface area contributed by atoms with Gasteiger partial charge in [0.05, 0.1) is 11.8 Å². The van der Waals surface area contributed by atoms with Crippen molar-refractivity contribution in [3.63, 3.8) is 0 Å². The van der Waals surface area contributed by atoms with Gasteiger partial charge in [-0.2, -0.15) is 0 Å². The number of benzene rings is 2. The smallest absolute Gasteiger partial charge is 0.234 e. The topological polar surface area (TPSA) is 40.6 Å². The van der Waals surface area contributed by atoms with Gasteiger partial charge in [0, 0.05) is 26.2 Å². The molecule has 3 atom stereocenters. The molecule has 4 rings (SSSR count). The van der Waals surface area contributed by atoms with Crippen LogP contribution in [0.5, 0.6) is 0 Å². The van der Waals surface area contributed by atoms with E-state index < -0.39 is 0 Å². The molecule has 4 nitrogen and oxygen atoms in total. The minimum atomic E-state index is -0.221. The maximum absolute atomic E-state index is 12.7. The highest BCUT2D eigenvalue weighted by Crippen LogP contribution is 2.39. The summed E-state index contributed by atoms with van der Waals surface area (Å²) in [7, 11) is 1.62. The Hall–Kier alpha value is -2.46. The monoisotopic (exact) mass is 334 g/mol. The fourth-order valence-corrected chi connectivity index (χ4v) is 4.26. The van der Waals surface area contributed by atoms with Crippen molar-refractivity contribution in [2.45, 2.75) is 19.0 Å². The molecule has 4 heteroatoms. The lowest BCUT2D eigenvalue weighted by molar-refractivity contribution is -0.139. The van der Waals surface area contributed by atoms with Crippen molar-refractivity contribution in [2.75, 3.05) is 13.6 Å². The molecule has 2 aromatic carbocycles. The van der Waals surface area contributed by atoms with E-state index in [0.717, 1.165) is 13.0 Å². The summed E-state index contributed by atoms with van der Waals surface area (Å²) in [5, 5.41) is 0. The molecule has 25 heavy (non-hydrogen) atoms. The van der Waals surface area contributed by atoms with Gasteiger partial charge in [-0.25, -0.2) is 0 Å². The van der Waals surface area contributed by atoms with Crippen molar-refractivity contribution in [1.82, 2.24) is 9.80 Å². The first-order valence-electron chi connectivity index (χ1n) is 8.78. The summed E-state index contributed by atoms with van der Waals surface area (Å²) in [5.41, 5.74) is 2.43. The van der Waals surface area contributed by atoms with E-state index in [0.29, 0.717) is 6.54 Å². The number of hydrogen-bond acceptors (Lipinski definition) is 3. The standard InChI is InChI=1S/C21H22N2O2/c1-22-20(24)17-14-23(13-16-10-6-3-7-11-16)18(19(17)21(22)25)12-15-8-4-2-5-9-15/h2-11,17-19H,12-14H2,1H3/t17-,18+,19-/m1/s1. The quantitative estimate of drug-likeness (QED) is 0.806. The molecule has 2 aliphatic rings. The summed E-state index contributed by atoms with van der Waals surface area (Å²) in [6.07, 6.45) is 0.793. The molecule has 0 saturated carbocycles. The van der Waals surface area contributed by atoms with Crippen LogP contribution in [0, 0.1) is 11.8 Å². The van der Waals surface area contributed by atoms with Crippen LogP contribution >= 0.6 is 0 Å². The molecule has 2 aromatic rings. The normalized spacial score (nSPS) is 26.3. The third kappa shape index (κ3) is 2.87. The summed E-state index contributed by atoms with van der Waals surface area (Å²) in [5.74, 6) is -0.466. The molecule has 0 bridgehead atoms. The zero-order chi connectivity index (χ0) is 17.4. The number of carbonyl (C=O) groups is 2. The van der Waals surface area contributed by atoms with Gasteiger partial charge in [0.15, 0.2) is 0 Å². The van der Waals surface area contributed by atoms with Crippen LogP contribution in [-0.4, -0.2) is 41.2 Å². The predicted molar refractivity (Wildman–Crippen MR) is 95.5 cm³/mol. The van der Waals surface area contributed by atoms with Crippen LogP contribution in [0.1, 0.15) is 11.1 Å². The Balaban J connectivity index is 1.63. The van der Waals surface area contributed by atoms with Crippen molar-refractivity contribution < 1.29 is 9.59 Å². The van der Waals surface area contributed by atoms with Crippen molar-refractivity contribution in [3.8, 4) is 0 Å². The minimum Gasteiger partial charge on any atom is -0.294 e. The fraction of sp³-hybridized carbons (Fsp3) is 0.333. The van der Waals surface area contributed by atoms with Crippen molar-refractivity contribution in [2.24, 2.45) is 11.8 Å². The van der Waals surface area contributed by atoms with E-state index in [4.69, 9.17) is 0 Å². The number of amides is 2. The highest BCUT2D eigenvalue weighted by Gasteiger charge is 2.55. The van der Waals surface area contributed by atoms with Crippen LogP contribution in [0.2, 0.25) is 0 Å². The van der Waals surface area contributed by atoms with Gasteiger partial charge in [0.2, 0.25) is 11.8 Å². The van der Waals surface area contributed by atoms with Crippen LogP contribution in [-0.2, 0) is 22.6 Å². The van der Waals surface area contributed by atoms with Gasteiger partial charge in [-0.05, 0) is 17.5 Å². The number of fused-ring (bicyclic) bond motifs is 1. The first-order chi connectivity index (χ1) is 12.1. The van der Waals surface area contributed by atoms with E-state index in [1.807, 2.05) is 36.4 Å². The second-order valence-electron chi connectivity index (χ2n) is 7.04. The highest BCUT2D eigenvalue weighted by molar-refractivity contribution is 6.05. The first-order valence-corrected chi connectivity index (χ1v) is 8.78. The lowest BCUT2D eigenvalue weighted by Gasteiger charge is -2.28. The molecule has 2 aliphatic heterocycles. The lowest BCUT2D eigenvalue weighted by atomic mass is 9.89. The SMILES string of the molecule is CN1C(=O)[C@@H]2[C@@H](CN(Cc3ccccc3)[C@H]2Cc2ccccc2)C1=O. The fourth-order valence-electron chi connectivity index (χ4n) is 4.26. The Bertz CT molecular complexity index is 775. The predicted octanol–water partition coefficient (Wildman–Crippen LogP) is 2.34. The summed E-state index contributed by atoms with van der Waals surface area (Å²) in [4.78, 5) is 28.8. The molecular formula is C21H22N2O2. The van der Waals surface area contributed by atoms with E-state index in [1.54, 1.807) is 7.05 Å². The van der Waals surface area contributed by atoms with Crippen molar-refractivity contribution >= 4 is 11.8 Å². The van der Waals surface area contributed by atoms with E-state index in [-0.39, 0.29) is 29.7 Å². The first kappa shape index (κ1) is 16.0. The number of hydrogen-bond donors (Lipinski definition) is 0. The molecule has 2 heterocycles. The molecule has 0 radical (unpaired) electrons. The zero-order valence-corrected chi connectivity index (χ0v) is 14.3. The Morgan fingerprint density at radius 3 is 2.12 bits per heavy atom. The highest BCUT2D eigenvalue weighted by atomic mass is 16.2. The van der Waals surface area contributed by atoms with Crippen LogP contribution in [0.4, 0.5) is 0 Å². The Kier molecular flexibility index (Phi) is 4.14. The van der Waals surface area contributed by atoms with E-state index in [9.17, 15) is 9.59 Å². The third-order valence-electron chi connectivity index (χ3n) is 5.53. The largest absolute Gasteiger partial charge is 0.294 e. The van der Waals surface area contributed by atoms with Crippen LogP contribution in [0.3, 0.4) is 0 Å². The molecular weight excluding hydrogens is 312 g/mol. The summed E-state index contributed by atoms with van der Waals surface area (Å²) in [6, 6.07) is 20.6. The number of rotatable bonds is 4. The molecule has 2 amide bonds. The van der Waals surface area contributed by atoms with Crippen molar-refractivity contribution in [1.29, 1.82) is 0 Å². The third-order valence-corrected chi connectivity index (χ3v) is 5.53. The Morgan fingerprint density at radius 2 is 1.48 bits per heavy atom. The minimum absolute atomic E-state index is 0.0218. The Morgan fingerprint density at radius 1 is 0.880 bits per heavy atom. The average molecular weight is 334 g/mol.